The summed E-state index contributed by atoms with van der Waals surface area (Å²) in [6.07, 6.45) is 0.118. The molecule has 2 aliphatic heterocycles. The summed E-state index contributed by atoms with van der Waals surface area (Å²) in [7, 11) is 0. The zero-order valence-corrected chi connectivity index (χ0v) is 17.8. The molecule has 0 bridgehead atoms. The van der Waals surface area contributed by atoms with E-state index >= 15 is 0 Å². The molecule has 0 radical (unpaired) electrons. The van der Waals surface area contributed by atoms with Gasteiger partial charge in [0.2, 0.25) is 11.8 Å². The maximum absolute atomic E-state index is 13.1. The lowest BCUT2D eigenvalue weighted by atomic mass is 10.0. The molecule has 2 aromatic carbocycles. The highest BCUT2D eigenvalue weighted by molar-refractivity contribution is 6.31. The fourth-order valence-electron chi connectivity index (χ4n) is 3.75. The number of nitrogens with one attached hydrogen (secondary N) is 3. The van der Waals surface area contributed by atoms with E-state index in [1.807, 2.05) is 6.92 Å². The van der Waals surface area contributed by atoms with Crippen LogP contribution in [0.25, 0.3) is 0 Å². The van der Waals surface area contributed by atoms with Crippen LogP contribution >= 0.6 is 11.6 Å². The number of hydrogen-bond donors (Lipinski definition) is 3. The van der Waals surface area contributed by atoms with Gasteiger partial charge in [-0.25, -0.2) is 4.79 Å². The molecule has 0 spiro atoms. The molecule has 10 heteroatoms. The second-order valence-corrected chi connectivity index (χ2v) is 7.97. The Hall–Kier alpha value is -3.72. The van der Waals surface area contributed by atoms with Crippen LogP contribution in [0.2, 0.25) is 5.02 Å². The van der Waals surface area contributed by atoms with Gasteiger partial charge >= 0.3 is 6.03 Å². The van der Waals surface area contributed by atoms with E-state index < -0.39 is 35.7 Å². The second kappa shape index (κ2) is 8.43. The van der Waals surface area contributed by atoms with Crippen molar-refractivity contribution in [3.63, 3.8) is 0 Å². The molecule has 1 fully saturated rings. The van der Waals surface area contributed by atoms with Crippen LogP contribution in [0.15, 0.2) is 36.4 Å². The van der Waals surface area contributed by atoms with Gasteiger partial charge in [-0.3, -0.25) is 29.4 Å². The quantitative estimate of drug-likeness (QED) is 0.612. The monoisotopic (exact) mass is 454 g/mol. The third-order valence-corrected chi connectivity index (χ3v) is 5.83. The van der Waals surface area contributed by atoms with Crippen molar-refractivity contribution >= 4 is 46.9 Å². The molecular formula is C22H19ClN4O5. The zero-order valence-electron chi connectivity index (χ0n) is 17.0. The molecule has 2 heterocycles. The van der Waals surface area contributed by atoms with Gasteiger partial charge in [0.15, 0.2) is 0 Å². The first-order valence-electron chi connectivity index (χ1n) is 9.90. The number of imide groups is 2. The third-order valence-electron chi connectivity index (χ3n) is 5.42. The Labute approximate surface area is 188 Å². The minimum absolute atomic E-state index is 0.0171. The molecule has 1 saturated heterocycles. The van der Waals surface area contributed by atoms with Gasteiger partial charge in [-0.2, -0.15) is 0 Å². The first-order valence-corrected chi connectivity index (χ1v) is 10.3. The molecule has 0 aromatic heterocycles. The minimum atomic E-state index is -1.05. The van der Waals surface area contributed by atoms with Gasteiger partial charge in [-0.1, -0.05) is 29.8 Å². The lowest BCUT2D eigenvalue weighted by Gasteiger charge is -2.27. The van der Waals surface area contributed by atoms with E-state index in [-0.39, 0.29) is 30.5 Å². The highest BCUT2D eigenvalue weighted by atomic mass is 35.5. The number of piperidine rings is 1. The van der Waals surface area contributed by atoms with Crippen molar-refractivity contribution in [1.29, 1.82) is 0 Å². The van der Waals surface area contributed by atoms with Gasteiger partial charge in [0.1, 0.15) is 6.04 Å². The number of rotatable bonds is 4. The van der Waals surface area contributed by atoms with Gasteiger partial charge in [0.05, 0.1) is 11.1 Å². The molecule has 0 aliphatic carbocycles. The summed E-state index contributed by atoms with van der Waals surface area (Å²) < 4.78 is 0. The Morgan fingerprint density at radius 2 is 1.94 bits per heavy atom. The number of urea groups is 1. The van der Waals surface area contributed by atoms with E-state index in [4.69, 9.17) is 11.6 Å². The van der Waals surface area contributed by atoms with Gasteiger partial charge in [-0.05, 0) is 42.7 Å². The molecule has 0 saturated carbocycles. The predicted molar refractivity (Wildman–Crippen MR) is 115 cm³/mol. The van der Waals surface area contributed by atoms with E-state index in [0.717, 1.165) is 10.5 Å². The van der Waals surface area contributed by atoms with Gasteiger partial charge < -0.3 is 10.6 Å². The zero-order chi connectivity index (χ0) is 23.0. The van der Waals surface area contributed by atoms with E-state index in [2.05, 4.69) is 16.0 Å². The molecular weight excluding hydrogens is 436 g/mol. The van der Waals surface area contributed by atoms with Crippen LogP contribution in [0.1, 0.15) is 44.7 Å². The van der Waals surface area contributed by atoms with E-state index in [1.54, 1.807) is 30.3 Å². The Morgan fingerprint density at radius 3 is 2.66 bits per heavy atom. The number of halogens is 1. The van der Waals surface area contributed by atoms with Crippen molar-refractivity contribution in [1.82, 2.24) is 15.5 Å². The summed E-state index contributed by atoms with van der Waals surface area (Å²) in [5.74, 6) is -2.33. The van der Waals surface area contributed by atoms with Crippen molar-refractivity contribution in [2.45, 2.75) is 32.4 Å². The number of aryl methyl sites for hydroxylation is 1. The Morgan fingerprint density at radius 1 is 1.16 bits per heavy atom. The average molecular weight is 455 g/mol. The fraction of sp³-hybridized carbons (Fsp3) is 0.227. The Kier molecular flexibility index (Phi) is 5.67. The maximum atomic E-state index is 13.1. The van der Waals surface area contributed by atoms with E-state index in [1.165, 1.54) is 6.07 Å². The van der Waals surface area contributed by atoms with Crippen LogP contribution < -0.4 is 16.0 Å². The molecule has 9 nitrogen and oxygen atoms in total. The molecule has 164 valence electrons. The van der Waals surface area contributed by atoms with Crippen LogP contribution in [-0.2, 0) is 16.1 Å². The number of hydrogen-bond acceptors (Lipinski definition) is 5. The molecule has 2 aliphatic rings. The van der Waals surface area contributed by atoms with Crippen LogP contribution in [-0.4, -0.2) is 40.6 Å². The molecule has 2 aromatic rings. The predicted octanol–water partition coefficient (Wildman–Crippen LogP) is 2.37. The first kappa shape index (κ1) is 21.5. The Balaban J connectivity index is 1.49. The smallest absolute Gasteiger partial charge is 0.319 e. The van der Waals surface area contributed by atoms with Gasteiger partial charge in [0.25, 0.3) is 11.8 Å². The van der Waals surface area contributed by atoms with E-state index in [9.17, 15) is 24.0 Å². The summed E-state index contributed by atoms with van der Waals surface area (Å²) >= 11 is 6.07. The van der Waals surface area contributed by atoms with Crippen LogP contribution in [0.3, 0.4) is 0 Å². The van der Waals surface area contributed by atoms with Crippen LogP contribution in [0, 0.1) is 6.92 Å². The Bertz CT molecular complexity index is 1180. The van der Waals surface area contributed by atoms with Gasteiger partial charge in [-0.15, -0.1) is 0 Å². The summed E-state index contributed by atoms with van der Waals surface area (Å²) in [5, 5.41) is 7.99. The first-order chi connectivity index (χ1) is 15.3. The molecule has 1 unspecified atom stereocenters. The van der Waals surface area contributed by atoms with Crippen molar-refractivity contribution in [3.05, 3.63) is 63.7 Å². The van der Waals surface area contributed by atoms with Crippen LogP contribution in [0.4, 0.5) is 10.5 Å². The molecule has 3 N–H and O–H groups in total. The number of anilines is 1. The highest BCUT2D eigenvalue weighted by Crippen LogP contribution is 2.30. The summed E-state index contributed by atoms with van der Waals surface area (Å²) in [6.45, 7) is 1.83. The lowest BCUT2D eigenvalue weighted by molar-refractivity contribution is -0.136. The maximum Gasteiger partial charge on any atom is 0.319 e. The average Bonchev–Trinajstić information content (AvgIpc) is 3.00. The number of carbonyl (C=O) groups excluding carboxylic acids is 5. The molecule has 4 rings (SSSR count). The van der Waals surface area contributed by atoms with Crippen molar-refractivity contribution in [2.24, 2.45) is 0 Å². The van der Waals surface area contributed by atoms with Crippen LogP contribution in [0.5, 0.6) is 0 Å². The summed E-state index contributed by atoms with van der Waals surface area (Å²) in [4.78, 5) is 62.7. The van der Waals surface area contributed by atoms with Crippen molar-refractivity contribution in [2.75, 3.05) is 5.32 Å². The number of carbonyl (C=O) groups is 5. The second-order valence-electron chi connectivity index (χ2n) is 7.56. The summed E-state index contributed by atoms with van der Waals surface area (Å²) in [5.41, 5.74) is 2.12. The lowest BCUT2D eigenvalue weighted by Crippen LogP contribution is -2.54. The standard InChI is InChI=1S/C22H19ClN4O5/c1-11-5-6-13(9-15(11)23)25-22(32)24-10-12-3-2-4-14-18(12)21(31)27(20(14)30)16-7-8-17(28)26-19(16)29/h2-6,9,16H,7-8,10H2,1H3,(H2,24,25,32)(H,26,28,29). The topological polar surface area (TPSA) is 125 Å². The fourth-order valence-corrected chi connectivity index (χ4v) is 3.93. The SMILES string of the molecule is Cc1ccc(NC(=O)NCc2cccc3c2C(=O)N(C2CCC(=O)NC2=O)C3=O)cc1Cl. The minimum Gasteiger partial charge on any atom is -0.334 e. The number of fused-ring (bicyclic) bond motifs is 1. The molecule has 32 heavy (non-hydrogen) atoms. The largest absolute Gasteiger partial charge is 0.334 e. The number of amides is 6. The van der Waals surface area contributed by atoms with Crippen molar-refractivity contribution < 1.29 is 24.0 Å². The number of benzene rings is 2. The van der Waals surface area contributed by atoms with Crippen molar-refractivity contribution in [3.8, 4) is 0 Å². The highest BCUT2D eigenvalue weighted by Gasteiger charge is 2.45. The third kappa shape index (κ3) is 3.94. The number of nitrogens with zero attached hydrogens (tertiary/aromatic N) is 1. The molecule has 6 amide bonds. The van der Waals surface area contributed by atoms with E-state index in [0.29, 0.717) is 16.3 Å². The normalized spacial score (nSPS) is 17.8. The summed E-state index contributed by atoms with van der Waals surface area (Å²) in [6, 6.07) is 8.28. The molecule has 1 atom stereocenters. The van der Waals surface area contributed by atoms with Gasteiger partial charge in [0, 0.05) is 23.7 Å².